The number of nitrogens with zero attached hydrogens (tertiary/aromatic N) is 4. The molecule has 0 radical (unpaired) electrons. The van der Waals surface area contributed by atoms with Gasteiger partial charge in [-0.05, 0) is 31.4 Å². The number of amides is 2. The highest BCUT2D eigenvalue weighted by atomic mass is 32.2. The molecule has 1 aliphatic rings. The number of non-ortho nitro benzene ring substituents is 1. The maximum Gasteiger partial charge on any atom is 0.271 e. The number of aryl methyl sites for hydroxylation is 1. The Hall–Kier alpha value is -3.32. The van der Waals surface area contributed by atoms with Gasteiger partial charge in [-0.3, -0.25) is 24.4 Å². The molecule has 0 unspecified atom stereocenters. The van der Waals surface area contributed by atoms with Gasteiger partial charge in [0, 0.05) is 44.7 Å². The van der Waals surface area contributed by atoms with Gasteiger partial charge in [0.05, 0.1) is 21.7 Å². The topological polar surface area (TPSA) is 157 Å². The molecule has 2 heterocycles. The van der Waals surface area contributed by atoms with Gasteiger partial charge in [0.15, 0.2) is 0 Å². The van der Waals surface area contributed by atoms with Crippen molar-refractivity contribution in [3.8, 4) is 0 Å². The zero-order valence-electron chi connectivity index (χ0n) is 18.4. The number of anilines is 1. The third kappa shape index (κ3) is 5.37. The molecule has 12 nitrogen and oxygen atoms in total. The number of aromatic nitrogens is 2. The molecule has 2 N–H and O–H groups in total. The van der Waals surface area contributed by atoms with Gasteiger partial charge in [0.2, 0.25) is 15.9 Å². The largest absolute Gasteiger partial charge is 0.351 e. The Bertz CT molecular complexity index is 1140. The van der Waals surface area contributed by atoms with Gasteiger partial charge in [0.25, 0.3) is 11.6 Å². The van der Waals surface area contributed by atoms with E-state index >= 15 is 0 Å². The molecular weight excluding hydrogens is 452 g/mol. The van der Waals surface area contributed by atoms with E-state index < -0.39 is 20.9 Å². The summed E-state index contributed by atoms with van der Waals surface area (Å²) in [4.78, 5) is 35.3. The lowest BCUT2D eigenvalue weighted by molar-refractivity contribution is -0.384. The average molecular weight is 479 g/mol. The highest BCUT2D eigenvalue weighted by molar-refractivity contribution is 7.89. The van der Waals surface area contributed by atoms with E-state index in [1.807, 2.05) is 6.92 Å². The Morgan fingerprint density at radius 2 is 1.85 bits per heavy atom. The minimum Gasteiger partial charge on any atom is -0.351 e. The Balaban J connectivity index is 1.63. The van der Waals surface area contributed by atoms with Crippen LogP contribution in [0.15, 0.2) is 35.4 Å². The molecule has 1 aromatic carbocycles. The maximum absolute atomic E-state index is 12.8. The highest BCUT2D eigenvalue weighted by Crippen LogP contribution is 2.26. The molecule has 2 amide bonds. The molecule has 0 bridgehead atoms. The fourth-order valence-corrected chi connectivity index (χ4v) is 5.07. The second kappa shape index (κ2) is 10.1. The van der Waals surface area contributed by atoms with E-state index in [9.17, 15) is 28.1 Å². The number of benzene rings is 1. The molecule has 1 aliphatic heterocycles. The smallest absolute Gasteiger partial charge is 0.271 e. The van der Waals surface area contributed by atoms with Crippen LogP contribution in [0, 0.1) is 16.0 Å². The lowest BCUT2D eigenvalue weighted by Gasteiger charge is -2.30. The van der Waals surface area contributed by atoms with E-state index in [0.29, 0.717) is 25.1 Å². The molecule has 1 saturated heterocycles. The molecule has 13 heteroatoms. The molecular formula is C20H26N6O6S. The van der Waals surface area contributed by atoms with Gasteiger partial charge in [-0.2, -0.15) is 9.40 Å². The zero-order valence-corrected chi connectivity index (χ0v) is 19.2. The van der Waals surface area contributed by atoms with Crippen LogP contribution in [0.25, 0.3) is 0 Å². The highest BCUT2D eigenvalue weighted by Gasteiger charge is 2.33. The van der Waals surface area contributed by atoms with Crippen LogP contribution in [0.1, 0.15) is 36.7 Å². The fourth-order valence-electron chi connectivity index (χ4n) is 3.60. The third-order valence-corrected chi connectivity index (χ3v) is 7.37. The van der Waals surface area contributed by atoms with Crippen molar-refractivity contribution in [1.29, 1.82) is 0 Å². The van der Waals surface area contributed by atoms with Gasteiger partial charge < -0.3 is 10.6 Å². The molecule has 0 spiro atoms. The van der Waals surface area contributed by atoms with Crippen molar-refractivity contribution in [2.24, 2.45) is 13.0 Å². The molecule has 1 fully saturated rings. The van der Waals surface area contributed by atoms with Crippen molar-refractivity contribution in [2.45, 2.75) is 31.1 Å². The van der Waals surface area contributed by atoms with Crippen LogP contribution >= 0.6 is 0 Å². The van der Waals surface area contributed by atoms with Crippen LogP contribution in [-0.2, 0) is 21.9 Å². The van der Waals surface area contributed by atoms with Crippen LogP contribution in [0.5, 0.6) is 0 Å². The second-order valence-electron chi connectivity index (χ2n) is 7.70. The predicted molar refractivity (Wildman–Crippen MR) is 119 cm³/mol. The number of nitro groups is 1. The first-order valence-electron chi connectivity index (χ1n) is 10.5. The number of carbonyl (C=O) groups is 2. The number of rotatable bonds is 8. The normalized spacial score (nSPS) is 15.2. The first-order valence-corrected chi connectivity index (χ1v) is 11.9. The molecule has 178 valence electrons. The number of carbonyl (C=O) groups excluding carboxylic acids is 2. The summed E-state index contributed by atoms with van der Waals surface area (Å²) in [5.41, 5.74) is 0.356. The predicted octanol–water partition coefficient (Wildman–Crippen LogP) is 1.51. The second-order valence-corrected chi connectivity index (χ2v) is 9.64. The number of hydrogen-bond donors (Lipinski definition) is 2. The lowest BCUT2D eigenvalue weighted by Crippen LogP contribution is -2.41. The summed E-state index contributed by atoms with van der Waals surface area (Å²) in [5.74, 6) is -1.07. The molecule has 3 rings (SSSR count). The van der Waals surface area contributed by atoms with E-state index in [-0.39, 0.29) is 41.2 Å². The summed E-state index contributed by atoms with van der Waals surface area (Å²) in [7, 11) is -2.21. The minimum absolute atomic E-state index is 0.0332. The summed E-state index contributed by atoms with van der Waals surface area (Å²) in [6.07, 6.45) is 2.78. The number of piperidine rings is 1. The van der Waals surface area contributed by atoms with Crippen LogP contribution in [-0.4, -0.2) is 58.9 Å². The van der Waals surface area contributed by atoms with E-state index in [0.717, 1.165) is 18.6 Å². The van der Waals surface area contributed by atoms with E-state index in [2.05, 4.69) is 15.7 Å². The van der Waals surface area contributed by atoms with Gasteiger partial charge in [-0.1, -0.05) is 6.92 Å². The summed E-state index contributed by atoms with van der Waals surface area (Å²) >= 11 is 0. The van der Waals surface area contributed by atoms with Gasteiger partial charge >= 0.3 is 0 Å². The van der Waals surface area contributed by atoms with Crippen LogP contribution in [0.4, 0.5) is 11.4 Å². The molecule has 33 heavy (non-hydrogen) atoms. The number of nitro benzene ring substituents is 1. The van der Waals surface area contributed by atoms with Crippen molar-refractivity contribution in [2.75, 3.05) is 25.0 Å². The van der Waals surface area contributed by atoms with Gasteiger partial charge in [-0.25, -0.2) is 8.42 Å². The Morgan fingerprint density at radius 3 is 2.42 bits per heavy atom. The van der Waals surface area contributed by atoms with E-state index in [1.165, 1.54) is 27.3 Å². The summed E-state index contributed by atoms with van der Waals surface area (Å²) in [5, 5.41) is 20.3. The Morgan fingerprint density at radius 1 is 1.21 bits per heavy atom. The van der Waals surface area contributed by atoms with Crippen molar-refractivity contribution < 1.29 is 22.9 Å². The number of nitrogens with one attached hydrogen (secondary N) is 2. The Labute approximate surface area is 191 Å². The standard InChI is InChI=1S/C20H26N6O6S/c1-3-10-21-20(28)18-17(13-22-24(18)2)23-19(27)14-8-11-25(12-9-14)33(31,32)16-6-4-15(5-7-16)26(29)30/h4-7,13-14H,3,8-12H2,1-2H3,(H,21,28)(H,23,27). The zero-order chi connectivity index (χ0) is 24.2. The average Bonchev–Trinajstić information content (AvgIpc) is 3.17. The third-order valence-electron chi connectivity index (χ3n) is 5.46. The summed E-state index contributed by atoms with van der Waals surface area (Å²) < 4.78 is 28.3. The fraction of sp³-hybridized carbons (Fsp3) is 0.450. The molecule has 0 aliphatic carbocycles. The van der Waals surface area contributed by atoms with Crippen LogP contribution < -0.4 is 10.6 Å². The monoisotopic (exact) mass is 478 g/mol. The number of sulfonamides is 1. The Kier molecular flexibility index (Phi) is 7.43. The quantitative estimate of drug-likeness (QED) is 0.430. The van der Waals surface area contributed by atoms with Crippen LogP contribution in [0.3, 0.4) is 0 Å². The van der Waals surface area contributed by atoms with Crippen molar-refractivity contribution in [1.82, 2.24) is 19.4 Å². The van der Waals surface area contributed by atoms with E-state index in [4.69, 9.17) is 0 Å². The van der Waals surface area contributed by atoms with Crippen molar-refractivity contribution in [3.63, 3.8) is 0 Å². The summed E-state index contributed by atoms with van der Waals surface area (Å²) in [6, 6.07) is 4.71. The van der Waals surface area contributed by atoms with Gasteiger partial charge in [-0.15, -0.1) is 0 Å². The molecule has 0 atom stereocenters. The SMILES string of the molecule is CCCNC(=O)c1c(NC(=O)C2CCN(S(=O)(=O)c3ccc([N+](=O)[O-])cc3)CC2)cnn1C. The molecule has 2 aromatic rings. The van der Waals surface area contributed by atoms with Gasteiger partial charge in [0.1, 0.15) is 5.69 Å². The van der Waals surface area contributed by atoms with Crippen molar-refractivity contribution >= 4 is 33.2 Å². The first kappa shape index (κ1) is 24.3. The summed E-state index contributed by atoms with van der Waals surface area (Å²) in [6.45, 7) is 2.70. The van der Waals surface area contributed by atoms with Crippen molar-refractivity contribution in [3.05, 3.63) is 46.3 Å². The van der Waals surface area contributed by atoms with Crippen LogP contribution in [0.2, 0.25) is 0 Å². The first-order chi connectivity index (χ1) is 15.6. The maximum atomic E-state index is 12.8. The lowest BCUT2D eigenvalue weighted by atomic mass is 9.97. The number of hydrogen-bond acceptors (Lipinski definition) is 7. The minimum atomic E-state index is -3.82. The molecule has 1 aromatic heterocycles. The molecule has 0 saturated carbocycles. The van der Waals surface area contributed by atoms with E-state index in [1.54, 1.807) is 7.05 Å².